The smallest absolute Gasteiger partial charge is 0.226 e. The third-order valence-electron chi connectivity index (χ3n) is 9.50. The molecule has 0 aliphatic carbocycles. The zero-order chi connectivity index (χ0) is 34.5. The Hall–Kier alpha value is -3.45. The van der Waals surface area contributed by atoms with E-state index >= 15 is 0 Å². The fourth-order valence-corrected chi connectivity index (χ4v) is 8.84. The van der Waals surface area contributed by atoms with Gasteiger partial charge in [-0.15, -0.1) is 11.3 Å². The van der Waals surface area contributed by atoms with Gasteiger partial charge in [0.05, 0.1) is 39.6 Å². The quantitative estimate of drug-likeness (QED) is 0.108. The summed E-state index contributed by atoms with van der Waals surface area (Å²) in [6.07, 6.45) is -2.35. The molecule has 1 fully saturated rings. The lowest BCUT2D eigenvalue weighted by Crippen LogP contribution is -2.65. The molecule has 6 nitrogen and oxygen atoms in total. The molecule has 260 valence electrons. The molecule has 5 atom stereocenters. The predicted octanol–water partition coefficient (Wildman–Crippen LogP) is 9.56. The van der Waals surface area contributed by atoms with E-state index in [-0.39, 0.29) is 6.61 Å². The molecule has 8 heteroatoms. The summed E-state index contributed by atoms with van der Waals surface area (Å²) >= 11 is 4.16. The highest BCUT2D eigenvalue weighted by atomic mass is 127. The molecule has 0 saturated carbocycles. The molecule has 0 N–H and O–H groups in total. The Morgan fingerprint density at radius 1 is 0.647 bits per heavy atom. The molecule has 8 rings (SSSR count). The monoisotopic (exact) mass is 810 g/mol. The van der Waals surface area contributed by atoms with Crippen LogP contribution in [0.25, 0.3) is 10.1 Å². The van der Waals surface area contributed by atoms with Gasteiger partial charge in [-0.05, 0) is 62.5 Å². The number of thiophene rings is 1. The van der Waals surface area contributed by atoms with Crippen molar-refractivity contribution in [3.05, 3.63) is 176 Å². The second-order valence-electron chi connectivity index (χ2n) is 12.9. The third kappa shape index (κ3) is 7.70. The number of benzene rings is 5. The lowest BCUT2D eigenvalue weighted by molar-refractivity contribution is -0.387. The maximum Gasteiger partial charge on any atom is 0.226 e. The van der Waals surface area contributed by atoms with Crippen molar-refractivity contribution in [2.24, 2.45) is 0 Å². The second-order valence-corrected chi connectivity index (χ2v) is 15.0. The summed E-state index contributed by atoms with van der Waals surface area (Å²) in [7, 11) is 0. The van der Waals surface area contributed by atoms with Gasteiger partial charge in [-0.1, -0.05) is 121 Å². The molecule has 0 amide bonds. The number of hydrogen-bond donors (Lipinski definition) is 0. The van der Waals surface area contributed by atoms with Crippen molar-refractivity contribution >= 4 is 44.0 Å². The van der Waals surface area contributed by atoms with E-state index in [0.717, 1.165) is 33.4 Å². The summed E-state index contributed by atoms with van der Waals surface area (Å²) in [5.41, 5.74) is 6.30. The molecular weight excluding hydrogens is 771 g/mol. The van der Waals surface area contributed by atoms with Crippen molar-refractivity contribution < 1.29 is 28.4 Å². The molecule has 2 aliphatic heterocycles. The largest absolute Gasteiger partial charge is 0.374 e. The minimum Gasteiger partial charge on any atom is -0.374 e. The molecular formula is C43H39IO6S. The normalized spacial score (nSPS) is 22.8. The fourth-order valence-electron chi connectivity index (χ4n) is 6.96. The fraction of sp³-hybridized carbons (Fsp3) is 0.256. The maximum absolute atomic E-state index is 7.27. The van der Waals surface area contributed by atoms with Gasteiger partial charge in [-0.25, -0.2) is 0 Å². The second kappa shape index (κ2) is 16.1. The number of rotatable bonds is 13. The zero-order valence-electron chi connectivity index (χ0n) is 28.1. The Kier molecular flexibility index (Phi) is 10.9. The van der Waals surface area contributed by atoms with E-state index in [1.807, 2.05) is 72.8 Å². The van der Waals surface area contributed by atoms with Crippen LogP contribution in [-0.4, -0.2) is 31.0 Å². The van der Waals surface area contributed by atoms with E-state index in [2.05, 4.69) is 88.6 Å². The summed E-state index contributed by atoms with van der Waals surface area (Å²) in [5.74, 6) is -1.27. The van der Waals surface area contributed by atoms with Crippen LogP contribution in [0.3, 0.4) is 0 Å². The summed E-state index contributed by atoms with van der Waals surface area (Å²) in [5, 5.41) is 3.37. The Morgan fingerprint density at radius 3 is 1.76 bits per heavy atom. The molecule has 1 aromatic heterocycles. The van der Waals surface area contributed by atoms with Crippen LogP contribution in [0.5, 0.6) is 0 Å². The van der Waals surface area contributed by atoms with Crippen molar-refractivity contribution in [3.8, 4) is 0 Å². The first kappa shape index (κ1) is 34.6. The van der Waals surface area contributed by atoms with Crippen LogP contribution in [0, 0.1) is 3.57 Å². The first-order valence-electron chi connectivity index (χ1n) is 17.3. The van der Waals surface area contributed by atoms with Crippen molar-refractivity contribution in [1.82, 2.24) is 0 Å². The van der Waals surface area contributed by atoms with Gasteiger partial charge in [0.2, 0.25) is 5.79 Å². The third-order valence-corrected chi connectivity index (χ3v) is 11.8. The van der Waals surface area contributed by atoms with Gasteiger partial charge in [-0.3, -0.25) is 0 Å². The van der Waals surface area contributed by atoms with E-state index in [9.17, 15) is 0 Å². The minimum atomic E-state index is -1.27. The van der Waals surface area contributed by atoms with Crippen LogP contribution >= 0.6 is 33.9 Å². The summed E-state index contributed by atoms with van der Waals surface area (Å²) in [6.45, 7) is 2.18. The van der Waals surface area contributed by atoms with E-state index in [1.165, 1.54) is 13.7 Å². The molecule has 5 aromatic carbocycles. The van der Waals surface area contributed by atoms with Gasteiger partial charge in [0.15, 0.2) is 0 Å². The van der Waals surface area contributed by atoms with Crippen molar-refractivity contribution in [2.45, 2.75) is 63.2 Å². The molecule has 6 aromatic rings. The first-order chi connectivity index (χ1) is 25.2. The Morgan fingerprint density at radius 2 is 1.18 bits per heavy atom. The number of halogens is 1. The maximum atomic E-state index is 7.27. The Bertz CT molecular complexity index is 2010. The predicted molar refractivity (Wildman–Crippen MR) is 207 cm³/mol. The van der Waals surface area contributed by atoms with Gasteiger partial charge in [0, 0.05) is 24.6 Å². The average Bonchev–Trinajstić information content (AvgIpc) is 3.73. The molecule has 0 unspecified atom stereocenters. The lowest BCUT2D eigenvalue weighted by Gasteiger charge is -2.51. The number of ether oxygens (including phenoxy) is 6. The minimum absolute atomic E-state index is 0.267. The van der Waals surface area contributed by atoms with Crippen LogP contribution in [0.4, 0.5) is 0 Å². The van der Waals surface area contributed by atoms with Crippen LogP contribution in [0.2, 0.25) is 0 Å². The van der Waals surface area contributed by atoms with E-state index in [0.29, 0.717) is 33.0 Å². The summed E-state index contributed by atoms with van der Waals surface area (Å²) < 4.78 is 43.9. The highest BCUT2D eigenvalue weighted by Gasteiger charge is 2.61. The van der Waals surface area contributed by atoms with E-state index in [4.69, 9.17) is 28.4 Å². The molecule has 2 aliphatic rings. The van der Waals surface area contributed by atoms with Crippen LogP contribution in [0.15, 0.2) is 139 Å². The molecule has 3 heterocycles. The molecule has 1 spiro atoms. The van der Waals surface area contributed by atoms with Gasteiger partial charge in [-0.2, -0.15) is 0 Å². The molecule has 1 saturated heterocycles. The van der Waals surface area contributed by atoms with Gasteiger partial charge < -0.3 is 28.4 Å². The molecule has 51 heavy (non-hydrogen) atoms. The van der Waals surface area contributed by atoms with Gasteiger partial charge in [0.1, 0.15) is 24.4 Å². The SMILES string of the molecule is Ic1csc2cc3c(cc12)[C@]1(OC3)O[C@H](COCc2ccccc2)[C@@H](OCc2ccccc2)[C@H](OCc2ccccc2)[C@H]1OCc1ccccc1. The standard InChI is InChI=1S/C43H39IO6S/c44-37-29-51-39-21-34-27-49-43(36(34)22-35(37)39)42(48-26-33-19-11-4-12-20-33)41(47-25-32-17-9-3-10-18-32)40(46-24-31-15-7-2-8-16-31)38(50-43)28-45-23-30-13-5-1-6-14-30/h1-22,29,38,40-42H,23-28H2/t38-,40-,41+,42-,43+/m1/s1. The molecule has 0 bridgehead atoms. The van der Waals surface area contributed by atoms with Crippen molar-refractivity contribution in [3.63, 3.8) is 0 Å². The van der Waals surface area contributed by atoms with Crippen molar-refractivity contribution in [1.29, 1.82) is 0 Å². The Labute approximate surface area is 316 Å². The van der Waals surface area contributed by atoms with Crippen LogP contribution in [-0.2, 0) is 67.2 Å². The molecule has 0 radical (unpaired) electrons. The highest BCUT2D eigenvalue weighted by molar-refractivity contribution is 14.1. The summed E-state index contributed by atoms with van der Waals surface area (Å²) in [4.78, 5) is 0. The summed E-state index contributed by atoms with van der Waals surface area (Å²) in [6, 6.07) is 45.3. The highest BCUT2D eigenvalue weighted by Crippen LogP contribution is 2.50. The van der Waals surface area contributed by atoms with E-state index in [1.54, 1.807) is 11.3 Å². The first-order valence-corrected chi connectivity index (χ1v) is 19.2. The van der Waals surface area contributed by atoms with Crippen LogP contribution < -0.4 is 0 Å². The van der Waals surface area contributed by atoms with Gasteiger partial charge in [0.25, 0.3) is 0 Å². The van der Waals surface area contributed by atoms with Crippen LogP contribution in [0.1, 0.15) is 33.4 Å². The van der Waals surface area contributed by atoms with E-state index < -0.39 is 30.2 Å². The van der Waals surface area contributed by atoms with Crippen molar-refractivity contribution in [2.75, 3.05) is 6.61 Å². The number of fused-ring (bicyclic) bond motifs is 3. The Balaban J connectivity index is 1.21. The number of hydrogen-bond acceptors (Lipinski definition) is 7. The van der Waals surface area contributed by atoms with Gasteiger partial charge >= 0.3 is 0 Å². The topological polar surface area (TPSA) is 55.4 Å². The average molecular weight is 811 g/mol. The zero-order valence-corrected chi connectivity index (χ0v) is 31.0. The lowest BCUT2D eigenvalue weighted by atomic mass is 9.86.